The van der Waals surface area contributed by atoms with Crippen molar-refractivity contribution in [2.75, 3.05) is 0 Å². The van der Waals surface area contributed by atoms with Gasteiger partial charge in [0.25, 0.3) is 0 Å². The van der Waals surface area contributed by atoms with E-state index in [0.29, 0.717) is 5.82 Å². The third-order valence-corrected chi connectivity index (χ3v) is 9.63. The van der Waals surface area contributed by atoms with Crippen molar-refractivity contribution in [3.8, 4) is 50.7 Å². The molecule has 0 aliphatic heterocycles. The Balaban J connectivity index is 1.33. The third-order valence-electron chi connectivity index (χ3n) is 9.63. The first kappa shape index (κ1) is 26.6. The average molecular weight is 590 g/mol. The van der Waals surface area contributed by atoms with Crippen molar-refractivity contribution in [1.82, 2.24) is 14.5 Å². The minimum atomic E-state index is -0.0986. The number of para-hydroxylation sites is 2. The van der Waals surface area contributed by atoms with Gasteiger partial charge < -0.3 is 4.57 Å². The lowest BCUT2D eigenvalue weighted by Gasteiger charge is -2.22. The van der Waals surface area contributed by atoms with Gasteiger partial charge in [0.2, 0.25) is 0 Å². The summed E-state index contributed by atoms with van der Waals surface area (Å²) in [5.41, 5.74) is 13.6. The Kier molecular flexibility index (Phi) is 5.85. The van der Waals surface area contributed by atoms with Crippen LogP contribution in [0.4, 0.5) is 0 Å². The second kappa shape index (κ2) is 10.1. The van der Waals surface area contributed by atoms with Crippen molar-refractivity contribution in [3.63, 3.8) is 0 Å². The quantitative estimate of drug-likeness (QED) is 0.204. The van der Waals surface area contributed by atoms with Crippen LogP contribution in [0.3, 0.4) is 0 Å². The first-order chi connectivity index (χ1) is 22.6. The van der Waals surface area contributed by atoms with Gasteiger partial charge in [-0.15, -0.1) is 0 Å². The maximum atomic E-state index is 5.21. The van der Waals surface area contributed by atoms with Gasteiger partial charge in [-0.1, -0.05) is 129 Å². The highest BCUT2D eigenvalue weighted by molar-refractivity contribution is 6.12. The highest BCUT2D eigenvalue weighted by Gasteiger charge is 2.36. The van der Waals surface area contributed by atoms with E-state index in [1.54, 1.807) is 0 Å². The lowest BCUT2D eigenvalue weighted by atomic mass is 9.82. The van der Waals surface area contributed by atoms with Gasteiger partial charge in [-0.05, 0) is 58.7 Å². The van der Waals surface area contributed by atoms with Crippen LogP contribution in [0, 0.1) is 0 Å². The molecule has 1 aliphatic rings. The third kappa shape index (κ3) is 3.98. The molecular weight excluding hydrogens is 558 g/mol. The lowest BCUT2D eigenvalue weighted by molar-refractivity contribution is 0.661. The van der Waals surface area contributed by atoms with Crippen molar-refractivity contribution in [2.24, 2.45) is 0 Å². The van der Waals surface area contributed by atoms with E-state index in [-0.39, 0.29) is 5.41 Å². The fourth-order valence-corrected chi connectivity index (χ4v) is 7.36. The number of hydrogen-bond acceptors (Lipinski definition) is 2. The number of rotatable bonds is 4. The molecule has 0 saturated carbocycles. The summed E-state index contributed by atoms with van der Waals surface area (Å²) in [4.78, 5) is 10.4. The second-order valence-corrected chi connectivity index (χ2v) is 12.6. The molecular formula is C43H31N3. The first-order valence-corrected chi connectivity index (χ1v) is 15.9. The van der Waals surface area contributed by atoms with E-state index in [2.05, 4.69) is 158 Å². The van der Waals surface area contributed by atoms with Crippen LogP contribution < -0.4 is 0 Å². The van der Waals surface area contributed by atoms with E-state index in [1.165, 1.54) is 44.1 Å². The van der Waals surface area contributed by atoms with Gasteiger partial charge in [-0.25, -0.2) is 9.97 Å². The Labute approximate surface area is 268 Å². The van der Waals surface area contributed by atoms with Crippen molar-refractivity contribution >= 4 is 21.8 Å². The minimum absolute atomic E-state index is 0.0986. The molecule has 0 saturated heterocycles. The zero-order valence-corrected chi connectivity index (χ0v) is 25.8. The monoisotopic (exact) mass is 589 g/mol. The van der Waals surface area contributed by atoms with Crippen LogP contribution in [-0.2, 0) is 5.41 Å². The smallest absolute Gasteiger partial charge is 0.162 e. The topological polar surface area (TPSA) is 30.7 Å². The molecule has 1 aliphatic carbocycles. The van der Waals surface area contributed by atoms with Gasteiger partial charge in [0.15, 0.2) is 5.82 Å². The zero-order valence-electron chi connectivity index (χ0n) is 25.8. The molecule has 9 rings (SSSR count). The molecule has 8 aromatic rings. The zero-order chi connectivity index (χ0) is 30.8. The number of nitrogens with zero attached hydrogens (tertiary/aromatic N) is 3. The number of fused-ring (bicyclic) bond motifs is 6. The number of benzene rings is 6. The van der Waals surface area contributed by atoms with E-state index < -0.39 is 0 Å². The normalized spacial score (nSPS) is 13.2. The molecule has 2 heterocycles. The van der Waals surface area contributed by atoms with Gasteiger partial charge in [0, 0.05) is 32.9 Å². The predicted molar refractivity (Wildman–Crippen MR) is 190 cm³/mol. The number of aromatic nitrogens is 3. The van der Waals surface area contributed by atoms with E-state index in [1.807, 2.05) is 12.1 Å². The molecule has 0 radical (unpaired) electrons. The van der Waals surface area contributed by atoms with Gasteiger partial charge in [0.1, 0.15) is 0 Å². The maximum absolute atomic E-state index is 5.21. The van der Waals surface area contributed by atoms with Gasteiger partial charge in [-0.2, -0.15) is 0 Å². The molecule has 6 aromatic carbocycles. The predicted octanol–water partition coefficient (Wildman–Crippen LogP) is 10.9. The van der Waals surface area contributed by atoms with E-state index >= 15 is 0 Å². The van der Waals surface area contributed by atoms with Gasteiger partial charge >= 0.3 is 0 Å². The van der Waals surface area contributed by atoms with Crippen LogP contribution in [-0.4, -0.2) is 14.5 Å². The Bertz CT molecular complexity index is 2380. The van der Waals surface area contributed by atoms with Crippen LogP contribution in [0.15, 0.2) is 152 Å². The van der Waals surface area contributed by atoms with Gasteiger partial charge in [0.05, 0.1) is 28.1 Å². The summed E-state index contributed by atoms with van der Waals surface area (Å²) >= 11 is 0. The summed E-state index contributed by atoms with van der Waals surface area (Å²) in [6.07, 6.45) is 0. The Hall–Kier alpha value is -5.80. The Morgan fingerprint density at radius 2 is 1.04 bits per heavy atom. The molecule has 0 unspecified atom stereocenters. The molecule has 218 valence electrons. The fraction of sp³-hybridized carbons (Fsp3) is 0.0698. The van der Waals surface area contributed by atoms with Crippen LogP contribution in [0.5, 0.6) is 0 Å². The number of hydrogen-bond donors (Lipinski definition) is 0. The van der Waals surface area contributed by atoms with Crippen LogP contribution in [0.25, 0.3) is 72.5 Å². The largest absolute Gasteiger partial charge is 0.308 e. The van der Waals surface area contributed by atoms with Crippen LogP contribution in [0.2, 0.25) is 0 Å². The lowest BCUT2D eigenvalue weighted by Crippen LogP contribution is -2.15. The molecule has 2 aromatic heterocycles. The molecule has 0 atom stereocenters. The van der Waals surface area contributed by atoms with Crippen LogP contribution >= 0.6 is 0 Å². The molecule has 3 heteroatoms. The van der Waals surface area contributed by atoms with E-state index in [4.69, 9.17) is 9.97 Å². The Morgan fingerprint density at radius 1 is 0.457 bits per heavy atom. The average Bonchev–Trinajstić information content (AvgIpc) is 3.56. The summed E-state index contributed by atoms with van der Waals surface area (Å²) in [5.74, 6) is 0.704. The van der Waals surface area contributed by atoms with E-state index in [0.717, 1.165) is 33.8 Å². The summed E-state index contributed by atoms with van der Waals surface area (Å²) in [7, 11) is 0. The fourth-order valence-electron chi connectivity index (χ4n) is 7.36. The Morgan fingerprint density at radius 3 is 1.76 bits per heavy atom. The van der Waals surface area contributed by atoms with Gasteiger partial charge in [-0.3, -0.25) is 0 Å². The summed E-state index contributed by atoms with van der Waals surface area (Å²) in [6, 6.07) is 53.9. The van der Waals surface area contributed by atoms with Crippen LogP contribution in [0.1, 0.15) is 25.0 Å². The standard InChI is InChI=1S/C43H31N3/c1-43(2)35-22-12-9-19-30(35)33-25-34-31-20-10-13-23-39(31)46(41(34)26-36(33)43)40-24-14-11-21-32(40)42-44-37(28-15-5-3-6-16-28)27-38(45-42)29-17-7-4-8-18-29/h3-27H,1-2H3. The summed E-state index contributed by atoms with van der Waals surface area (Å²) in [5, 5.41) is 2.49. The molecule has 0 bridgehead atoms. The molecule has 46 heavy (non-hydrogen) atoms. The SMILES string of the molecule is CC1(C)c2ccccc2-c2cc3c4ccccc4n(-c4ccccc4-c4nc(-c5ccccc5)cc(-c5ccccc5)n4)c3cc21. The first-order valence-electron chi connectivity index (χ1n) is 15.9. The summed E-state index contributed by atoms with van der Waals surface area (Å²) in [6.45, 7) is 4.69. The molecule has 0 amide bonds. The van der Waals surface area contributed by atoms with Crippen molar-refractivity contribution in [2.45, 2.75) is 19.3 Å². The molecule has 0 fully saturated rings. The maximum Gasteiger partial charge on any atom is 0.162 e. The highest BCUT2D eigenvalue weighted by atomic mass is 15.0. The van der Waals surface area contributed by atoms with Crippen molar-refractivity contribution in [1.29, 1.82) is 0 Å². The minimum Gasteiger partial charge on any atom is -0.308 e. The second-order valence-electron chi connectivity index (χ2n) is 12.6. The molecule has 0 spiro atoms. The van der Waals surface area contributed by atoms with Crippen molar-refractivity contribution in [3.05, 3.63) is 163 Å². The van der Waals surface area contributed by atoms with E-state index in [9.17, 15) is 0 Å². The summed E-state index contributed by atoms with van der Waals surface area (Å²) < 4.78 is 2.42. The highest BCUT2D eigenvalue weighted by Crippen LogP contribution is 2.51. The van der Waals surface area contributed by atoms with Crippen molar-refractivity contribution < 1.29 is 0 Å². The molecule has 0 N–H and O–H groups in total. The molecule has 3 nitrogen and oxygen atoms in total.